The van der Waals surface area contributed by atoms with Gasteiger partial charge in [-0.3, -0.25) is 4.79 Å². The van der Waals surface area contributed by atoms with Gasteiger partial charge in [0.25, 0.3) is 0 Å². The van der Waals surface area contributed by atoms with Crippen LogP contribution in [-0.4, -0.2) is 65.9 Å². The van der Waals surface area contributed by atoms with E-state index < -0.39 is 29.8 Å². The number of hydrogen-bond donors (Lipinski definition) is 1. The summed E-state index contributed by atoms with van der Waals surface area (Å²) in [5, 5.41) is 12.2. The smallest absolute Gasteiger partial charge is 0.305 e. The van der Waals surface area contributed by atoms with E-state index in [9.17, 15) is 10.0 Å². The molecular weight excluding hydrogens is 390 g/mol. The van der Waals surface area contributed by atoms with E-state index in [-0.39, 0.29) is 25.0 Å². The van der Waals surface area contributed by atoms with Gasteiger partial charge >= 0.3 is 5.97 Å². The first-order chi connectivity index (χ1) is 14.1. The molecule has 8 heteroatoms. The van der Waals surface area contributed by atoms with Crippen LogP contribution >= 0.6 is 0 Å². The Balaban J connectivity index is 1.82. The van der Waals surface area contributed by atoms with E-state index in [2.05, 4.69) is 0 Å². The fourth-order valence-electron chi connectivity index (χ4n) is 4.02. The number of rotatable bonds is 8. The zero-order chi connectivity index (χ0) is 21.9. The van der Waals surface area contributed by atoms with Crippen molar-refractivity contribution in [3.8, 4) is 0 Å². The van der Waals surface area contributed by atoms with Crippen molar-refractivity contribution in [1.29, 1.82) is 0 Å². The highest BCUT2D eigenvalue weighted by atomic mass is 16.8. The molecule has 0 aliphatic carbocycles. The molecule has 2 saturated heterocycles. The molecule has 1 aromatic carbocycles. The largest absolute Gasteiger partial charge is 0.469 e. The van der Waals surface area contributed by atoms with Crippen LogP contribution in [0, 0.1) is 0 Å². The molecule has 0 bridgehead atoms. The molecule has 168 valence electrons. The Labute approximate surface area is 177 Å². The standard InChI is InChI=1S/C22H33NO7/c1-21(2)27-14-17(28-21)20-19(29-22(3,4)30-20)16(11-12-18(24)26-5)23(25)13-15-9-7-6-8-10-15/h6-10,16-17,19-20,25H,11-14H2,1-5H3/t16-,17+,19-,20+/m0/s1. The summed E-state index contributed by atoms with van der Waals surface area (Å²) in [5.74, 6) is -1.91. The van der Waals surface area contributed by atoms with Gasteiger partial charge in [0.1, 0.15) is 18.3 Å². The van der Waals surface area contributed by atoms with Crippen molar-refractivity contribution in [3.05, 3.63) is 35.9 Å². The summed E-state index contributed by atoms with van der Waals surface area (Å²) in [6.07, 6.45) is -0.852. The molecule has 2 aliphatic heterocycles. The van der Waals surface area contributed by atoms with Crippen LogP contribution in [-0.2, 0) is 35.0 Å². The molecule has 2 heterocycles. The Hall–Kier alpha value is -1.55. The molecule has 0 amide bonds. The number of hydroxylamine groups is 2. The Bertz CT molecular complexity index is 709. The number of carbonyl (C=O) groups excluding carboxylic acids is 1. The van der Waals surface area contributed by atoms with E-state index in [1.807, 2.05) is 58.0 Å². The Morgan fingerprint density at radius 3 is 2.47 bits per heavy atom. The third-order valence-corrected chi connectivity index (χ3v) is 5.38. The van der Waals surface area contributed by atoms with E-state index in [4.69, 9.17) is 23.7 Å². The van der Waals surface area contributed by atoms with Gasteiger partial charge in [0.2, 0.25) is 0 Å². The predicted octanol–water partition coefficient (Wildman–Crippen LogP) is 2.87. The van der Waals surface area contributed by atoms with E-state index in [1.165, 1.54) is 12.2 Å². The molecule has 2 fully saturated rings. The maximum Gasteiger partial charge on any atom is 0.305 e. The van der Waals surface area contributed by atoms with E-state index in [0.29, 0.717) is 13.0 Å². The summed E-state index contributed by atoms with van der Waals surface area (Å²) < 4.78 is 28.9. The van der Waals surface area contributed by atoms with Gasteiger partial charge in [-0.05, 0) is 39.7 Å². The number of benzene rings is 1. The van der Waals surface area contributed by atoms with E-state index in [1.54, 1.807) is 0 Å². The van der Waals surface area contributed by atoms with Crippen LogP contribution in [0.3, 0.4) is 0 Å². The lowest BCUT2D eigenvalue weighted by atomic mass is 9.96. The molecule has 0 saturated carbocycles. The second-order valence-electron chi connectivity index (χ2n) is 8.70. The second-order valence-corrected chi connectivity index (χ2v) is 8.70. The maximum absolute atomic E-state index is 11.8. The third kappa shape index (κ3) is 5.78. The first-order valence-electron chi connectivity index (χ1n) is 10.3. The minimum Gasteiger partial charge on any atom is -0.469 e. The van der Waals surface area contributed by atoms with Crippen molar-refractivity contribution in [2.75, 3.05) is 13.7 Å². The molecule has 4 atom stereocenters. The van der Waals surface area contributed by atoms with Crippen molar-refractivity contribution in [1.82, 2.24) is 5.06 Å². The van der Waals surface area contributed by atoms with Gasteiger partial charge in [-0.25, -0.2) is 0 Å². The summed E-state index contributed by atoms with van der Waals surface area (Å²) in [6.45, 7) is 8.01. The van der Waals surface area contributed by atoms with Crippen LogP contribution in [0.1, 0.15) is 46.1 Å². The number of carbonyl (C=O) groups is 1. The first-order valence-corrected chi connectivity index (χ1v) is 10.3. The predicted molar refractivity (Wildman–Crippen MR) is 108 cm³/mol. The summed E-state index contributed by atoms with van der Waals surface area (Å²) in [4.78, 5) is 11.8. The lowest BCUT2D eigenvalue weighted by Crippen LogP contribution is -2.50. The highest BCUT2D eigenvalue weighted by Gasteiger charge is 2.53. The lowest BCUT2D eigenvalue weighted by molar-refractivity contribution is -0.191. The van der Waals surface area contributed by atoms with Gasteiger partial charge in [0, 0.05) is 13.0 Å². The van der Waals surface area contributed by atoms with Crippen LogP contribution in [0.5, 0.6) is 0 Å². The van der Waals surface area contributed by atoms with Crippen molar-refractivity contribution in [3.63, 3.8) is 0 Å². The average Bonchev–Trinajstić information content (AvgIpc) is 3.20. The average molecular weight is 424 g/mol. The monoisotopic (exact) mass is 423 g/mol. The number of hydrogen-bond acceptors (Lipinski definition) is 8. The van der Waals surface area contributed by atoms with Gasteiger partial charge in [0.05, 0.1) is 19.8 Å². The molecule has 1 aromatic rings. The fourth-order valence-corrected chi connectivity index (χ4v) is 4.02. The maximum atomic E-state index is 11.8. The molecule has 30 heavy (non-hydrogen) atoms. The number of nitrogens with zero attached hydrogens (tertiary/aromatic N) is 1. The molecule has 0 radical (unpaired) electrons. The highest BCUT2D eigenvalue weighted by Crippen LogP contribution is 2.38. The van der Waals surface area contributed by atoms with Crippen molar-refractivity contribution >= 4 is 5.97 Å². The van der Waals surface area contributed by atoms with Gasteiger partial charge in [-0.2, -0.15) is 5.06 Å². The Kier molecular flexibility index (Phi) is 7.16. The normalized spacial score (nSPS) is 28.6. The third-order valence-electron chi connectivity index (χ3n) is 5.38. The van der Waals surface area contributed by atoms with Crippen molar-refractivity contribution in [2.45, 2.75) is 83.0 Å². The summed E-state index contributed by atoms with van der Waals surface area (Å²) in [6, 6.07) is 9.11. The Morgan fingerprint density at radius 1 is 1.17 bits per heavy atom. The molecule has 0 unspecified atom stereocenters. The minimum atomic E-state index is -0.859. The molecule has 3 rings (SSSR count). The van der Waals surface area contributed by atoms with Gasteiger partial charge in [-0.15, -0.1) is 0 Å². The molecule has 8 nitrogen and oxygen atoms in total. The minimum absolute atomic E-state index is 0.146. The van der Waals surface area contributed by atoms with E-state index in [0.717, 1.165) is 5.56 Å². The Morgan fingerprint density at radius 2 is 1.87 bits per heavy atom. The van der Waals surface area contributed by atoms with Crippen LogP contribution < -0.4 is 0 Å². The van der Waals surface area contributed by atoms with Crippen LogP contribution in [0.4, 0.5) is 0 Å². The summed E-state index contributed by atoms with van der Waals surface area (Å²) in [7, 11) is 1.35. The fraction of sp³-hybridized carbons (Fsp3) is 0.682. The number of esters is 1. The lowest BCUT2D eigenvalue weighted by Gasteiger charge is -2.34. The first kappa shape index (κ1) is 23.1. The van der Waals surface area contributed by atoms with Crippen molar-refractivity contribution < 1.29 is 33.7 Å². The zero-order valence-electron chi connectivity index (χ0n) is 18.4. The molecule has 0 aromatic heterocycles. The zero-order valence-corrected chi connectivity index (χ0v) is 18.4. The van der Waals surface area contributed by atoms with Crippen LogP contribution in [0.25, 0.3) is 0 Å². The molecule has 2 aliphatic rings. The van der Waals surface area contributed by atoms with Crippen LogP contribution in [0.2, 0.25) is 0 Å². The molecular formula is C22H33NO7. The SMILES string of the molecule is COC(=O)CC[C@@H]([C@@H]1OC(C)(C)O[C@@H]1[C@H]1COC(C)(C)O1)N(O)Cc1ccccc1. The topological polar surface area (TPSA) is 86.7 Å². The van der Waals surface area contributed by atoms with Gasteiger partial charge in [0.15, 0.2) is 11.6 Å². The molecule has 0 spiro atoms. The number of methoxy groups -OCH3 is 1. The van der Waals surface area contributed by atoms with Gasteiger partial charge in [-0.1, -0.05) is 30.3 Å². The number of ether oxygens (including phenoxy) is 5. The molecule has 1 N–H and O–H groups in total. The summed E-state index contributed by atoms with van der Waals surface area (Å²) >= 11 is 0. The van der Waals surface area contributed by atoms with Gasteiger partial charge < -0.3 is 28.9 Å². The summed E-state index contributed by atoms with van der Waals surface area (Å²) in [5.41, 5.74) is 0.944. The van der Waals surface area contributed by atoms with Crippen molar-refractivity contribution in [2.24, 2.45) is 0 Å². The highest BCUT2D eigenvalue weighted by molar-refractivity contribution is 5.69. The van der Waals surface area contributed by atoms with E-state index >= 15 is 0 Å². The second kappa shape index (κ2) is 9.30. The quantitative estimate of drug-likeness (QED) is 0.505. The van der Waals surface area contributed by atoms with Crippen LogP contribution in [0.15, 0.2) is 30.3 Å².